The van der Waals surface area contributed by atoms with E-state index in [1.807, 2.05) is 0 Å². The topological polar surface area (TPSA) is 72.2 Å². The summed E-state index contributed by atoms with van der Waals surface area (Å²) in [5.41, 5.74) is -0.554. The number of carbonyl (C=O) groups excluding carboxylic acids is 1. The number of halogens is 1. The molecule has 114 valence electrons. The molecule has 0 spiro atoms. The lowest BCUT2D eigenvalue weighted by Gasteiger charge is -2.31. The van der Waals surface area contributed by atoms with Crippen molar-refractivity contribution in [2.45, 2.75) is 39.2 Å². The number of carbonyl (C=O) groups is 1. The van der Waals surface area contributed by atoms with Crippen molar-refractivity contribution in [3.8, 4) is 0 Å². The molecule has 21 heavy (non-hydrogen) atoms. The number of rotatable bonds is 3. The van der Waals surface area contributed by atoms with E-state index in [-0.39, 0.29) is 17.5 Å². The van der Waals surface area contributed by atoms with Gasteiger partial charge in [-0.25, -0.2) is 0 Å². The number of hydrogen-bond acceptors (Lipinski definition) is 3. The Hall–Kier alpha value is -1.98. The second kappa shape index (κ2) is 6.20. The van der Waals surface area contributed by atoms with Gasteiger partial charge in [-0.05, 0) is 43.2 Å². The van der Waals surface area contributed by atoms with Crippen LogP contribution in [0.5, 0.6) is 0 Å². The fraction of sp³-hybridized carbons (Fsp3) is 0.533. The maximum Gasteiger partial charge on any atom is 0.305 e. The average Bonchev–Trinajstić information content (AvgIpc) is 2.37. The number of hydrogen-bond donors (Lipinski definition) is 1. The third-order valence-electron chi connectivity index (χ3n) is 3.92. The summed E-state index contributed by atoms with van der Waals surface area (Å²) in [6.45, 7) is 4.30. The van der Waals surface area contributed by atoms with Gasteiger partial charge in [0.25, 0.3) is 5.91 Å². The van der Waals surface area contributed by atoms with Gasteiger partial charge in [0.15, 0.2) is 0 Å². The molecular formula is C15H19FN2O3. The molecular weight excluding hydrogens is 275 g/mol. The zero-order chi connectivity index (χ0) is 15.6. The van der Waals surface area contributed by atoms with Crippen LogP contribution in [0.15, 0.2) is 18.2 Å². The first-order chi connectivity index (χ1) is 9.86. The van der Waals surface area contributed by atoms with Crippen molar-refractivity contribution >= 4 is 11.6 Å². The van der Waals surface area contributed by atoms with Crippen LogP contribution in [-0.2, 0) is 0 Å². The van der Waals surface area contributed by atoms with Crippen molar-refractivity contribution in [1.82, 2.24) is 5.32 Å². The molecule has 2 rings (SSSR count). The Bertz CT molecular complexity index is 552. The lowest BCUT2D eigenvalue weighted by Crippen LogP contribution is -2.40. The number of nitrogens with zero attached hydrogens (tertiary/aromatic N) is 1. The molecule has 1 amide bonds. The SMILES string of the molecule is CC1CC(C)CC(NC(=O)c2ccc(F)c([N+](=O)[O-])c2)C1. The molecule has 1 aliphatic carbocycles. The van der Waals surface area contributed by atoms with Crippen molar-refractivity contribution in [2.24, 2.45) is 11.8 Å². The monoisotopic (exact) mass is 294 g/mol. The van der Waals surface area contributed by atoms with Crippen LogP contribution in [-0.4, -0.2) is 16.9 Å². The number of nitrogens with one attached hydrogen (secondary N) is 1. The van der Waals surface area contributed by atoms with Gasteiger partial charge >= 0.3 is 5.69 Å². The highest BCUT2D eigenvalue weighted by molar-refractivity contribution is 5.95. The Labute approximate surface area is 122 Å². The first-order valence-electron chi connectivity index (χ1n) is 7.11. The molecule has 0 bridgehead atoms. The Morgan fingerprint density at radius 3 is 2.48 bits per heavy atom. The van der Waals surface area contributed by atoms with Crippen LogP contribution in [0.1, 0.15) is 43.5 Å². The molecule has 1 aromatic carbocycles. The average molecular weight is 294 g/mol. The van der Waals surface area contributed by atoms with E-state index in [0.717, 1.165) is 31.4 Å². The van der Waals surface area contributed by atoms with Gasteiger partial charge in [0, 0.05) is 17.7 Å². The third-order valence-corrected chi connectivity index (χ3v) is 3.92. The predicted octanol–water partition coefficient (Wildman–Crippen LogP) is 3.29. The molecule has 5 nitrogen and oxygen atoms in total. The van der Waals surface area contributed by atoms with Crippen LogP contribution in [0.4, 0.5) is 10.1 Å². The lowest BCUT2D eigenvalue weighted by atomic mass is 9.80. The molecule has 1 aromatic rings. The summed E-state index contributed by atoms with van der Waals surface area (Å²) >= 11 is 0. The van der Waals surface area contributed by atoms with Gasteiger partial charge in [0.1, 0.15) is 0 Å². The van der Waals surface area contributed by atoms with Crippen LogP contribution in [0.3, 0.4) is 0 Å². The van der Waals surface area contributed by atoms with E-state index in [2.05, 4.69) is 19.2 Å². The summed E-state index contributed by atoms with van der Waals surface area (Å²) in [7, 11) is 0. The third kappa shape index (κ3) is 3.77. The number of nitro groups is 1. The largest absolute Gasteiger partial charge is 0.349 e. The smallest absolute Gasteiger partial charge is 0.305 e. The molecule has 1 N–H and O–H groups in total. The number of amides is 1. The molecule has 0 aromatic heterocycles. The summed E-state index contributed by atoms with van der Waals surface area (Å²) < 4.78 is 13.3. The van der Waals surface area contributed by atoms with Crippen molar-refractivity contribution in [3.63, 3.8) is 0 Å². The van der Waals surface area contributed by atoms with E-state index in [4.69, 9.17) is 0 Å². The fourth-order valence-electron chi connectivity index (χ4n) is 3.13. The molecule has 1 saturated carbocycles. The number of nitro benzene ring substituents is 1. The van der Waals surface area contributed by atoms with Gasteiger partial charge in [-0.1, -0.05) is 13.8 Å². The lowest BCUT2D eigenvalue weighted by molar-refractivity contribution is -0.387. The van der Waals surface area contributed by atoms with Crippen molar-refractivity contribution < 1.29 is 14.1 Å². The molecule has 0 aliphatic heterocycles. The molecule has 2 unspecified atom stereocenters. The highest BCUT2D eigenvalue weighted by Gasteiger charge is 2.26. The molecule has 6 heteroatoms. The zero-order valence-corrected chi connectivity index (χ0v) is 12.1. The summed E-state index contributed by atoms with van der Waals surface area (Å²) in [5.74, 6) is -0.232. The highest BCUT2D eigenvalue weighted by atomic mass is 19.1. The van der Waals surface area contributed by atoms with Gasteiger partial charge in [-0.15, -0.1) is 0 Å². The molecule has 0 saturated heterocycles. The first kappa shape index (κ1) is 15.4. The summed E-state index contributed by atoms with van der Waals surface area (Å²) in [6, 6.07) is 3.28. The van der Waals surface area contributed by atoms with E-state index >= 15 is 0 Å². The Balaban J connectivity index is 2.10. The molecule has 0 radical (unpaired) electrons. The van der Waals surface area contributed by atoms with Crippen molar-refractivity contribution in [1.29, 1.82) is 0 Å². The Morgan fingerprint density at radius 2 is 1.90 bits per heavy atom. The van der Waals surface area contributed by atoms with Gasteiger partial charge in [-0.2, -0.15) is 4.39 Å². The summed E-state index contributed by atoms with van der Waals surface area (Å²) in [4.78, 5) is 22.0. The second-order valence-corrected chi connectivity index (χ2v) is 6.01. The van der Waals surface area contributed by atoms with Crippen molar-refractivity contribution in [2.75, 3.05) is 0 Å². The van der Waals surface area contributed by atoms with E-state index in [1.54, 1.807) is 0 Å². The quantitative estimate of drug-likeness (QED) is 0.686. The van der Waals surface area contributed by atoms with E-state index < -0.39 is 16.4 Å². The maximum absolute atomic E-state index is 13.3. The van der Waals surface area contributed by atoms with Gasteiger partial charge in [0.2, 0.25) is 5.82 Å². The number of benzene rings is 1. The van der Waals surface area contributed by atoms with Crippen LogP contribution >= 0.6 is 0 Å². The predicted molar refractivity (Wildman–Crippen MR) is 76.5 cm³/mol. The Kier molecular flexibility index (Phi) is 4.55. The standard InChI is InChI=1S/C15H19FN2O3/c1-9-5-10(2)7-12(6-9)17-15(19)11-3-4-13(16)14(8-11)18(20)21/h3-4,8-10,12H,5-7H2,1-2H3,(H,17,19). The van der Waals surface area contributed by atoms with Gasteiger partial charge in [-0.3, -0.25) is 14.9 Å². The fourth-order valence-corrected chi connectivity index (χ4v) is 3.13. The Morgan fingerprint density at radius 1 is 1.29 bits per heavy atom. The summed E-state index contributed by atoms with van der Waals surface area (Å²) in [5, 5.41) is 13.6. The molecule has 1 aliphatic rings. The van der Waals surface area contributed by atoms with Crippen LogP contribution in [0.2, 0.25) is 0 Å². The van der Waals surface area contributed by atoms with Crippen molar-refractivity contribution in [3.05, 3.63) is 39.7 Å². The second-order valence-electron chi connectivity index (χ2n) is 6.01. The minimum absolute atomic E-state index is 0.0698. The molecule has 0 heterocycles. The van der Waals surface area contributed by atoms with Gasteiger partial charge < -0.3 is 5.32 Å². The molecule has 1 fully saturated rings. The van der Waals surface area contributed by atoms with E-state index in [9.17, 15) is 19.3 Å². The van der Waals surface area contributed by atoms with Crippen LogP contribution in [0.25, 0.3) is 0 Å². The normalized spacial score (nSPS) is 25.4. The van der Waals surface area contributed by atoms with E-state index in [1.165, 1.54) is 6.07 Å². The minimum atomic E-state index is -0.934. The molecule has 2 atom stereocenters. The summed E-state index contributed by atoms with van der Waals surface area (Å²) in [6.07, 6.45) is 2.95. The maximum atomic E-state index is 13.3. The first-order valence-corrected chi connectivity index (χ1v) is 7.11. The van der Waals surface area contributed by atoms with E-state index in [0.29, 0.717) is 11.8 Å². The minimum Gasteiger partial charge on any atom is -0.349 e. The van der Waals surface area contributed by atoms with Gasteiger partial charge in [0.05, 0.1) is 4.92 Å². The van der Waals surface area contributed by atoms with Crippen LogP contribution in [0, 0.1) is 27.8 Å². The van der Waals surface area contributed by atoms with Crippen LogP contribution < -0.4 is 5.32 Å². The zero-order valence-electron chi connectivity index (χ0n) is 12.1. The highest BCUT2D eigenvalue weighted by Crippen LogP contribution is 2.28.